The Morgan fingerprint density at radius 1 is 1.22 bits per heavy atom. The quantitative estimate of drug-likeness (QED) is 0.681. The van der Waals surface area contributed by atoms with Crippen molar-refractivity contribution in [1.29, 1.82) is 0 Å². The van der Waals surface area contributed by atoms with Gasteiger partial charge in [-0.1, -0.05) is 35.6 Å². The van der Waals surface area contributed by atoms with Crippen molar-refractivity contribution in [3.05, 3.63) is 59.4 Å². The maximum Gasteiger partial charge on any atom is 0.249 e. The summed E-state index contributed by atoms with van der Waals surface area (Å²) in [5.74, 6) is -0.283. The molecule has 0 fully saturated rings. The number of sulfonamides is 1. The number of hydrogen-bond donors (Lipinski definition) is 2. The number of carbonyl (C=O) groups is 1. The molecule has 0 unspecified atom stereocenters. The van der Waals surface area contributed by atoms with E-state index in [-0.39, 0.29) is 27.4 Å². The Kier molecular flexibility index (Phi) is 5.36. The normalized spacial score (nSPS) is 11.4. The number of anilines is 1. The van der Waals surface area contributed by atoms with Gasteiger partial charge in [-0.25, -0.2) is 18.5 Å². The lowest BCUT2D eigenvalue weighted by molar-refractivity contribution is -0.115. The summed E-state index contributed by atoms with van der Waals surface area (Å²) in [6, 6.07) is 11.5. The highest BCUT2D eigenvalue weighted by Crippen LogP contribution is 2.26. The molecule has 1 aromatic carbocycles. The van der Waals surface area contributed by atoms with Crippen LogP contribution in [0, 0.1) is 13.8 Å². The number of nitrogens with one attached hydrogen (secondary N) is 1. The van der Waals surface area contributed by atoms with Crippen LogP contribution in [0.25, 0.3) is 11.3 Å². The molecule has 3 N–H and O–H groups in total. The molecule has 0 aliphatic rings. The number of nitrogens with zero attached hydrogens (tertiary/aromatic N) is 2. The van der Waals surface area contributed by atoms with Gasteiger partial charge in [0.2, 0.25) is 15.9 Å². The first kappa shape index (κ1) is 19.2. The van der Waals surface area contributed by atoms with Gasteiger partial charge in [-0.3, -0.25) is 9.78 Å². The van der Waals surface area contributed by atoms with Gasteiger partial charge in [-0.15, -0.1) is 0 Å². The van der Waals surface area contributed by atoms with E-state index in [0.29, 0.717) is 0 Å². The summed E-state index contributed by atoms with van der Waals surface area (Å²) in [6.45, 7) is 3.50. The highest BCUT2D eigenvalue weighted by Gasteiger charge is 2.18. The van der Waals surface area contributed by atoms with E-state index in [1.165, 1.54) is 6.92 Å². The third-order valence-electron chi connectivity index (χ3n) is 3.86. The fourth-order valence-corrected chi connectivity index (χ4v) is 4.57. The monoisotopic (exact) mass is 402 g/mol. The van der Waals surface area contributed by atoms with Crippen molar-refractivity contribution in [2.45, 2.75) is 24.5 Å². The van der Waals surface area contributed by atoms with Gasteiger partial charge in [0.1, 0.15) is 0 Å². The van der Waals surface area contributed by atoms with E-state index >= 15 is 0 Å². The topological polar surface area (TPSA) is 115 Å². The first-order valence-corrected chi connectivity index (χ1v) is 10.4. The van der Waals surface area contributed by atoms with E-state index in [9.17, 15) is 13.2 Å². The molecule has 3 rings (SSSR count). The van der Waals surface area contributed by atoms with E-state index in [4.69, 9.17) is 5.14 Å². The Labute approximate surface area is 161 Å². The Bertz CT molecular complexity index is 1090. The van der Waals surface area contributed by atoms with Crippen LogP contribution in [-0.2, 0) is 21.2 Å². The number of nitrogens with two attached hydrogens (primary N) is 1. The number of amides is 1. The highest BCUT2D eigenvalue weighted by molar-refractivity contribution is 7.91. The van der Waals surface area contributed by atoms with Crippen LogP contribution in [0.1, 0.15) is 16.8 Å². The Hall–Kier alpha value is -2.62. The molecule has 0 atom stereocenters. The fourth-order valence-electron chi connectivity index (χ4n) is 2.69. The number of primary sulfonamides is 1. The predicted octanol–water partition coefficient (Wildman–Crippen LogP) is 2.65. The molecular formula is C18H18N4O3S2. The molecule has 140 valence electrons. The van der Waals surface area contributed by atoms with Crippen molar-refractivity contribution in [1.82, 2.24) is 9.97 Å². The van der Waals surface area contributed by atoms with Crippen LogP contribution in [0.2, 0.25) is 0 Å². The third-order valence-corrected chi connectivity index (χ3v) is 6.48. The molecule has 7 nitrogen and oxygen atoms in total. The summed E-state index contributed by atoms with van der Waals surface area (Å²) < 4.78 is 22.9. The van der Waals surface area contributed by atoms with E-state index in [0.717, 1.165) is 33.7 Å². The number of hydrogen-bond acceptors (Lipinski definition) is 6. The van der Waals surface area contributed by atoms with Gasteiger partial charge in [0.15, 0.2) is 9.34 Å². The van der Waals surface area contributed by atoms with E-state index < -0.39 is 10.0 Å². The van der Waals surface area contributed by atoms with Gasteiger partial charge < -0.3 is 5.32 Å². The lowest BCUT2D eigenvalue weighted by Crippen LogP contribution is -2.14. The summed E-state index contributed by atoms with van der Waals surface area (Å²) in [6.07, 6.45) is 1.88. The zero-order chi connectivity index (χ0) is 19.6. The third kappa shape index (κ3) is 4.57. The van der Waals surface area contributed by atoms with Crippen LogP contribution in [0.3, 0.4) is 0 Å². The second-order valence-corrected chi connectivity index (χ2v) is 8.78. The molecule has 0 saturated carbocycles. The minimum Gasteiger partial charge on any atom is -0.302 e. The Morgan fingerprint density at radius 3 is 2.59 bits per heavy atom. The molecule has 27 heavy (non-hydrogen) atoms. The van der Waals surface area contributed by atoms with Gasteiger partial charge in [0.05, 0.1) is 17.8 Å². The molecule has 2 heterocycles. The average molecular weight is 403 g/mol. The van der Waals surface area contributed by atoms with Gasteiger partial charge in [0, 0.05) is 11.8 Å². The fraction of sp³-hybridized carbons (Fsp3) is 0.167. The molecule has 2 aromatic heterocycles. The summed E-state index contributed by atoms with van der Waals surface area (Å²) in [5, 5.41) is 7.97. The summed E-state index contributed by atoms with van der Waals surface area (Å²) >= 11 is 0.844. The molecule has 0 bridgehead atoms. The van der Waals surface area contributed by atoms with Crippen LogP contribution in [-0.4, -0.2) is 24.3 Å². The van der Waals surface area contributed by atoms with Crippen molar-refractivity contribution < 1.29 is 13.2 Å². The lowest BCUT2D eigenvalue weighted by atomic mass is 10.0. The number of aryl methyl sites for hydroxylation is 2. The first-order valence-electron chi connectivity index (χ1n) is 8.05. The molecule has 0 radical (unpaired) electrons. The molecule has 0 aliphatic carbocycles. The molecule has 3 aromatic rings. The molecule has 1 amide bonds. The van der Waals surface area contributed by atoms with E-state index in [1.807, 2.05) is 43.3 Å². The number of carbonyl (C=O) groups excluding carboxylic acids is 1. The standard InChI is InChI=1S/C18H18N4O3S2/c1-11-9-13(6-7-14(11)15-5-3-4-8-20-15)10-16(23)22-18-21-12(2)17(26-18)27(19,24)25/h3-9H,10H2,1-2H3,(H2,19,24,25)(H,21,22,23). The Balaban J connectivity index is 1.73. The molecule has 0 aliphatic heterocycles. The SMILES string of the molecule is Cc1cc(CC(=O)Nc2nc(C)c(S(N)(=O)=O)s2)ccc1-c1ccccn1. The van der Waals surface area contributed by atoms with Crippen molar-refractivity contribution in [3.63, 3.8) is 0 Å². The van der Waals surface area contributed by atoms with Crippen molar-refractivity contribution in [2.75, 3.05) is 5.32 Å². The maximum atomic E-state index is 12.3. The van der Waals surface area contributed by atoms with Gasteiger partial charge in [-0.05, 0) is 37.1 Å². The molecular weight excluding hydrogens is 384 g/mol. The van der Waals surface area contributed by atoms with Crippen molar-refractivity contribution in [3.8, 4) is 11.3 Å². The predicted molar refractivity (Wildman–Crippen MR) is 105 cm³/mol. The van der Waals surface area contributed by atoms with E-state index in [2.05, 4.69) is 15.3 Å². The van der Waals surface area contributed by atoms with Crippen molar-refractivity contribution >= 4 is 32.4 Å². The molecule has 0 spiro atoms. The highest BCUT2D eigenvalue weighted by atomic mass is 32.2. The van der Waals surface area contributed by atoms with E-state index in [1.54, 1.807) is 6.20 Å². The Morgan fingerprint density at radius 2 is 2.00 bits per heavy atom. The zero-order valence-electron chi connectivity index (χ0n) is 14.8. The number of pyridine rings is 1. The minimum absolute atomic E-state index is 0.0478. The smallest absolute Gasteiger partial charge is 0.249 e. The van der Waals surface area contributed by atoms with Crippen LogP contribution in [0.4, 0.5) is 5.13 Å². The first-order chi connectivity index (χ1) is 12.7. The second-order valence-electron chi connectivity index (χ2n) is 6.03. The van der Waals surface area contributed by atoms with Crippen LogP contribution >= 0.6 is 11.3 Å². The molecule has 9 heteroatoms. The minimum atomic E-state index is -3.85. The lowest BCUT2D eigenvalue weighted by Gasteiger charge is -2.08. The van der Waals surface area contributed by atoms with Crippen LogP contribution < -0.4 is 10.5 Å². The number of benzene rings is 1. The maximum absolute atomic E-state index is 12.3. The van der Waals surface area contributed by atoms with Gasteiger partial charge in [0.25, 0.3) is 0 Å². The number of thiazole rings is 1. The summed E-state index contributed by atoms with van der Waals surface area (Å²) in [4.78, 5) is 20.7. The average Bonchev–Trinajstić information content (AvgIpc) is 2.96. The number of rotatable bonds is 5. The van der Waals surface area contributed by atoms with Crippen LogP contribution in [0.5, 0.6) is 0 Å². The number of aromatic nitrogens is 2. The summed E-state index contributed by atoms with van der Waals surface area (Å²) in [5.41, 5.74) is 4.01. The molecule has 0 saturated heterocycles. The van der Waals surface area contributed by atoms with Crippen LogP contribution in [0.15, 0.2) is 46.8 Å². The second kappa shape index (κ2) is 7.55. The van der Waals surface area contributed by atoms with Crippen molar-refractivity contribution in [2.24, 2.45) is 5.14 Å². The van der Waals surface area contributed by atoms with Gasteiger partial charge >= 0.3 is 0 Å². The zero-order valence-corrected chi connectivity index (χ0v) is 16.4. The summed E-state index contributed by atoms with van der Waals surface area (Å²) in [7, 11) is -3.85. The van der Waals surface area contributed by atoms with Gasteiger partial charge in [-0.2, -0.15) is 0 Å². The largest absolute Gasteiger partial charge is 0.302 e.